The van der Waals surface area contributed by atoms with Gasteiger partial charge in [-0.05, 0) is 64.6 Å². The number of carboxylic acids is 1. The number of rotatable bonds is 11. The molecule has 2 N–H and O–H groups in total. The van der Waals surface area contributed by atoms with Crippen molar-refractivity contribution in [1.29, 1.82) is 0 Å². The predicted molar refractivity (Wildman–Crippen MR) is 147 cm³/mol. The molecule has 0 saturated carbocycles. The molecule has 5 rings (SSSR count). The summed E-state index contributed by atoms with van der Waals surface area (Å²) in [6, 6.07) is 20.4. The normalized spacial score (nSPS) is 18.0. The van der Waals surface area contributed by atoms with E-state index in [0.717, 1.165) is 16.3 Å². The standard InChI is InChI=1S/C30H31NO8S/c1-37-24-7-9-25(10-8-24)40(35,36)31(12-14-32)13-15-38-29-19-22(18-28(39-29)30(33)34)20-6-11-27-23(16-20)17-21-4-2-3-5-26(21)27/h2-11,16,18,22,29,32H,12-15,17,19H2,1H3,(H,33,34)/t22-,29+/m1/s1. The number of benzene rings is 3. The van der Waals surface area contributed by atoms with Crippen LogP contribution in [-0.4, -0.2) is 68.6 Å². The molecular weight excluding hydrogens is 534 g/mol. The van der Waals surface area contributed by atoms with Crippen LogP contribution in [-0.2, 0) is 30.7 Å². The van der Waals surface area contributed by atoms with Crippen molar-refractivity contribution >= 4 is 16.0 Å². The van der Waals surface area contributed by atoms with E-state index in [1.165, 1.54) is 41.5 Å². The molecule has 0 unspecified atom stereocenters. The van der Waals surface area contributed by atoms with Crippen molar-refractivity contribution < 1.29 is 37.6 Å². The Labute approximate surface area is 233 Å². The molecule has 2 aliphatic rings. The third kappa shape index (κ3) is 5.75. The van der Waals surface area contributed by atoms with E-state index in [-0.39, 0.29) is 42.9 Å². The maximum atomic E-state index is 13.2. The summed E-state index contributed by atoms with van der Waals surface area (Å²) >= 11 is 0. The molecule has 9 nitrogen and oxygen atoms in total. The molecule has 40 heavy (non-hydrogen) atoms. The number of aliphatic carboxylic acids is 1. The van der Waals surface area contributed by atoms with Gasteiger partial charge in [-0.3, -0.25) is 0 Å². The molecule has 0 saturated heterocycles. The number of nitrogens with zero attached hydrogens (tertiary/aromatic N) is 1. The molecule has 10 heteroatoms. The summed E-state index contributed by atoms with van der Waals surface area (Å²) in [4.78, 5) is 11.9. The van der Waals surface area contributed by atoms with Crippen LogP contribution in [0, 0.1) is 0 Å². The fourth-order valence-corrected chi connectivity index (χ4v) is 6.60. The van der Waals surface area contributed by atoms with Crippen molar-refractivity contribution in [2.24, 2.45) is 0 Å². The van der Waals surface area contributed by atoms with Crippen LogP contribution in [0.3, 0.4) is 0 Å². The molecule has 3 aromatic carbocycles. The molecule has 2 atom stereocenters. The van der Waals surface area contributed by atoms with Crippen LogP contribution >= 0.6 is 0 Å². The summed E-state index contributed by atoms with van der Waals surface area (Å²) in [6.45, 7) is -0.600. The second-order valence-electron chi connectivity index (χ2n) is 9.65. The number of hydrogen-bond acceptors (Lipinski definition) is 7. The highest BCUT2D eigenvalue weighted by Gasteiger charge is 2.31. The van der Waals surface area contributed by atoms with Gasteiger partial charge in [-0.25, -0.2) is 13.2 Å². The second kappa shape index (κ2) is 11.8. The summed E-state index contributed by atoms with van der Waals surface area (Å²) in [5.74, 6) is -1.13. The van der Waals surface area contributed by atoms with Gasteiger partial charge in [0, 0.05) is 25.4 Å². The minimum Gasteiger partial charge on any atom is -0.497 e. The number of carboxylic acid groups (broad SMARTS) is 1. The first-order valence-electron chi connectivity index (χ1n) is 13.0. The Bertz CT molecular complexity index is 1520. The van der Waals surface area contributed by atoms with Gasteiger partial charge in [-0.2, -0.15) is 4.31 Å². The van der Waals surface area contributed by atoms with Crippen LogP contribution in [0.25, 0.3) is 11.1 Å². The monoisotopic (exact) mass is 565 g/mol. The zero-order valence-corrected chi connectivity index (χ0v) is 22.8. The summed E-state index contributed by atoms with van der Waals surface area (Å²) in [7, 11) is -2.41. The van der Waals surface area contributed by atoms with Crippen LogP contribution in [0.1, 0.15) is 29.0 Å². The number of fused-ring (bicyclic) bond motifs is 3. The smallest absolute Gasteiger partial charge is 0.370 e. The molecule has 0 fully saturated rings. The molecule has 0 aromatic heterocycles. The van der Waals surface area contributed by atoms with Crippen molar-refractivity contribution in [1.82, 2.24) is 4.31 Å². The van der Waals surface area contributed by atoms with E-state index in [2.05, 4.69) is 24.3 Å². The van der Waals surface area contributed by atoms with Crippen LogP contribution in [0.4, 0.5) is 0 Å². The first-order chi connectivity index (χ1) is 19.3. The zero-order chi connectivity index (χ0) is 28.3. The van der Waals surface area contributed by atoms with Crippen LogP contribution < -0.4 is 4.74 Å². The number of hydrogen-bond donors (Lipinski definition) is 2. The van der Waals surface area contributed by atoms with E-state index < -0.39 is 22.3 Å². The number of methoxy groups -OCH3 is 1. The van der Waals surface area contributed by atoms with Crippen molar-refractivity contribution in [3.63, 3.8) is 0 Å². The van der Waals surface area contributed by atoms with E-state index >= 15 is 0 Å². The molecule has 0 amide bonds. The third-order valence-corrected chi connectivity index (χ3v) is 9.12. The van der Waals surface area contributed by atoms with E-state index in [1.807, 2.05) is 18.2 Å². The number of allylic oxidation sites excluding steroid dienone is 1. The van der Waals surface area contributed by atoms with Gasteiger partial charge in [0.1, 0.15) is 5.75 Å². The first kappa shape index (κ1) is 27.9. The summed E-state index contributed by atoms with van der Waals surface area (Å²) in [6.07, 6.45) is 1.90. The predicted octanol–water partition coefficient (Wildman–Crippen LogP) is 3.76. The van der Waals surface area contributed by atoms with Gasteiger partial charge in [0.05, 0.1) is 25.2 Å². The van der Waals surface area contributed by atoms with Gasteiger partial charge < -0.3 is 24.4 Å². The lowest BCUT2D eigenvalue weighted by atomic mass is 9.90. The Morgan fingerprint density at radius 2 is 1.77 bits per heavy atom. The number of aliphatic hydroxyl groups is 1. The van der Waals surface area contributed by atoms with Crippen molar-refractivity contribution in [2.45, 2.75) is 29.9 Å². The summed E-state index contributed by atoms with van der Waals surface area (Å²) in [5, 5.41) is 19.2. The Morgan fingerprint density at radius 3 is 2.50 bits per heavy atom. The maximum absolute atomic E-state index is 13.2. The Kier molecular flexibility index (Phi) is 8.22. The minimum absolute atomic E-state index is 0.0529. The highest BCUT2D eigenvalue weighted by molar-refractivity contribution is 7.89. The highest BCUT2D eigenvalue weighted by Crippen LogP contribution is 2.39. The Morgan fingerprint density at radius 1 is 1.02 bits per heavy atom. The van der Waals surface area contributed by atoms with Crippen molar-refractivity contribution in [2.75, 3.05) is 33.4 Å². The van der Waals surface area contributed by atoms with Crippen molar-refractivity contribution in [3.8, 4) is 16.9 Å². The van der Waals surface area contributed by atoms with Gasteiger partial charge in [0.15, 0.2) is 0 Å². The van der Waals surface area contributed by atoms with Crippen LogP contribution in [0.2, 0.25) is 0 Å². The van der Waals surface area contributed by atoms with Gasteiger partial charge in [0.25, 0.3) is 0 Å². The highest BCUT2D eigenvalue weighted by atomic mass is 32.2. The van der Waals surface area contributed by atoms with E-state index in [1.54, 1.807) is 18.2 Å². The zero-order valence-electron chi connectivity index (χ0n) is 22.0. The number of sulfonamides is 1. The van der Waals surface area contributed by atoms with E-state index in [4.69, 9.17) is 14.2 Å². The molecule has 3 aromatic rings. The largest absolute Gasteiger partial charge is 0.497 e. The summed E-state index contributed by atoms with van der Waals surface area (Å²) in [5.41, 5.74) is 5.82. The Hall–Kier alpha value is -3.70. The SMILES string of the molecule is COc1ccc(S(=O)(=O)N(CCO)CCO[C@@H]2C[C@H](c3ccc4c(c3)Cc3ccccc3-4)C=C(C(=O)O)O2)cc1. The quantitative estimate of drug-likeness (QED) is 0.282. The topological polar surface area (TPSA) is 123 Å². The molecule has 1 heterocycles. The molecule has 0 radical (unpaired) electrons. The lowest BCUT2D eigenvalue weighted by molar-refractivity contribution is -0.157. The van der Waals surface area contributed by atoms with Crippen molar-refractivity contribution in [3.05, 3.63) is 95.3 Å². The number of ether oxygens (including phenoxy) is 3. The Balaban J connectivity index is 1.28. The minimum atomic E-state index is -3.91. The fourth-order valence-electron chi connectivity index (χ4n) is 5.19. The molecule has 1 aliphatic heterocycles. The van der Waals surface area contributed by atoms with E-state index in [9.17, 15) is 23.4 Å². The average Bonchev–Trinajstić information content (AvgIpc) is 3.34. The van der Waals surface area contributed by atoms with E-state index in [0.29, 0.717) is 12.2 Å². The lowest BCUT2D eigenvalue weighted by Crippen LogP contribution is -2.37. The summed E-state index contributed by atoms with van der Waals surface area (Å²) < 4.78 is 44.0. The molecular formula is C30H31NO8S. The molecule has 1 aliphatic carbocycles. The molecule has 0 bridgehead atoms. The van der Waals surface area contributed by atoms with Gasteiger partial charge >= 0.3 is 5.97 Å². The molecule has 210 valence electrons. The van der Waals surface area contributed by atoms with Crippen LogP contribution in [0.5, 0.6) is 5.75 Å². The molecule has 0 spiro atoms. The third-order valence-electron chi connectivity index (χ3n) is 7.21. The van der Waals surface area contributed by atoms with Gasteiger partial charge in [0.2, 0.25) is 22.1 Å². The van der Waals surface area contributed by atoms with Gasteiger partial charge in [-0.15, -0.1) is 0 Å². The maximum Gasteiger partial charge on any atom is 0.370 e. The van der Waals surface area contributed by atoms with Gasteiger partial charge in [-0.1, -0.05) is 42.5 Å². The lowest BCUT2D eigenvalue weighted by Gasteiger charge is -2.29. The second-order valence-corrected chi connectivity index (χ2v) is 11.6. The van der Waals surface area contributed by atoms with Crippen LogP contribution in [0.15, 0.2) is 83.5 Å². The fraction of sp³-hybridized carbons (Fsp3) is 0.300. The number of aliphatic hydroxyl groups excluding tert-OH is 1. The first-order valence-corrected chi connectivity index (χ1v) is 14.4. The average molecular weight is 566 g/mol. The number of carbonyl (C=O) groups is 1.